The molecule has 3 aromatic carbocycles. The van der Waals surface area contributed by atoms with Crippen LogP contribution in [0.1, 0.15) is 0 Å². The molecule has 0 aromatic heterocycles. The summed E-state index contributed by atoms with van der Waals surface area (Å²) in [5.74, 6) is -2.05. The van der Waals surface area contributed by atoms with E-state index < -0.39 is 52.6 Å². The first-order valence-corrected chi connectivity index (χ1v) is 10.4. The molecule has 0 aliphatic rings. The van der Waals surface area contributed by atoms with Crippen molar-refractivity contribution in [3.8, 4) is 17.2 Å². The fraction of sp³-hybridized carbons (Fsp3) is 0. The molecule has 0 aliphatic heterocycles. The topological polar surface area (TPSA) is 194 Å². The molecule has 3 rings (SSSR count). The number of azo groups is 1. The molecule has 0 saturated heterocycles. The molecule has 5 N–H and O–H groups in total. The van der Waals surface area contributed by atoms with E-state index in [1.807, 2.05) is 0 Å². The first kappa shape index (κ1) is 27.8. The van der Waals surface area contributed by atoms with Crippen LogP contribution in [0.25, 0.3) is 10.8 Å². The summed E-state index contributed by atoms with van der Waals surface area (Å²) in [5.41, 5.74) is -0.850. The van der Waals surface area contributed by atoms with E-state index in [0.29, 0.717) is 6.07 Å². The Balaban J connectivity index is 0.00000240. The number of aromatic hydroxyl groups is 3. The standard InChI is InChI=1S/C16H12N2O9S2.2Na.2H/c19-11-4-2-1-3-10(11)17-18-15-13(29(25,26)27)6-8-5-9(28(22,23)24)7-12(20)14(8)16(15)21;;;;/h1-7,19-21H,(H,22,23,24)(H,25,26,27);;;;. The van der Waals surface area contributed by atoms with Crippen LogP contribution < -0.4 is 0 Å². The van der Waals surface area contributed by atoms with Crippen LogP contribution in [0.15, 0.2) is 62.5 Å². The van der Waals surface area contributed by atoms with Gasteiger partial charge in [0.2, 0.25) is 0 Å². The Morgan fingerprint density at radius 2 is 1.35 bits per heavy atom. The summed E-state index contributed by atoms with van der Waals surface area (Å²) in [6.45, 7) is 0. The Morgan fingerprint density at radius 1 is 0.742 bits per heavy atom. The van der Waals surface area contributed by atoms with E-state index in [4.69, 9.17) is 4.55 Å². The van der Waals surface area contributed by atoms with Crippen molar-refractivity contribution in [2.24, 2.45) is 10.2 Å². The maximum absolute atomic E-state index is 11.8. The summed E-state index contributed by atoms with van der Waals surface area (Å²) in [6, 6.07) is 7.76. The van der Waals surface area contributed by atoms with Gasteiger partial charge in [-0.3, -0.25) is 9.11 Å². The van der Waals surface area contributed by atoms with Gasteiger partial charge in [0.1, 0.15) is 27.8 Å². The van der Waals surface area contributed by atoms with Gasteiger partial charge in [-0.2, -0.15) is 16.8 Å². The summed E-state index contributed by atoms with van der Waals surface area (Å²) in [7, 11) is -9.76. The quantitative estimate of drug-likeness (QED) is 0.206. The molecule has 0 atom stereocenters. The number of hydrogen-bond donors (Lipinski definition) is 5. The zero-order valence-electron chi connectivity index (χ0n) is 14.1. The van der Waals surface area contributed by atoms with Gasteiger partial charge in [0.05, 0.1) is 10.3 Å². The number of rotatable bonds is 4. The number of phenols is 3. The second-order valence-corrected chi connectivity index (χ2v) is 8.56. The van der Waals surface area contributed by atoms with Crippen molar-refractivity contribution in [2.75, 3.05) is 0 Å². The van der Waals surface area contributed by atoms with E-state index in [1.54, 1.807) is 0 Å². The van der Waals surface area contributed by atoms with Crippen molar-refractivity contribution in [2.45, 2.75) is 9.79 Å². The first-order chi connectivity index (χ1) is 13.4. The zero-order chi connectivity index (χ0) is 21.6. The van der Waals surface area contributed by atoms with Gasteiger partial charge in [-0.25, -0.2) is 0 Å². The summed E-state index contributed by atoms with van der Waals surface area (Å²) >= 11 is 0. The Labute approximate surface area is 220 Å². The van der Waals surface area contributed by atoms with Crippen molar-refractivity contribution in [1.82, 2.24) is 0 Å². The number of fused-ring (bicyclic) bond motifs is 1. The molecule has 15 heteroatoms. The van der Waals surface area contributed by atoms with E-state index in [1.165, 1.54) is 24.3 Å². The van der Waals surface area contributed by atoms with Crippen LogP contribution in [0.4, 0.5) is 11.4 Å². The van der Waals surface area contributed by atoms with Crippen LogP contribution in [0, 0.1) is 0 Å². The average Bonchev–Trinajstić information content (AvgIpc) is 2.60. The van der Waals surface area contributed by atoms with Gasteiger partial charge in [-0.1, -0.05) is 12.1 Å². The number of benzene rings is 3. The van der Waals surface area contributed by atoms with Crippen LogP contribution in [0.5, 0.6) is 17.2 Å². The van der Waals surface area contributed by atoms with Gasteiger partial charge >= 0.3 is 59.1 Å². The molecule has 11 nitrogen and oxygen atoms in total. The van der Waals surface area contributed by atoms with Crippen molar-refractivity contribution >= 4 is 101 Å². The second-order valence-electron chi connectivity index (χ2n) is 5.75. The van der Waals surface area contributed by atoms with Gasteiger partial charge in [-0.15, -0.1) is 10.2 Å². The Morgan fingerprint density at radius 3 is 1.90 bits per heavy atom. The van der Waals surface area contributed by atoms with Crippen molar-refractivity contribution < 1.29 is 41.3 Å². The molecule has 0 heterocycles. The van der Waals surface area contributed by atoms with Gasteiger partial charge in [-0.05, 0) is 29.7 Å². The summed E-state index contributed by atoms with van der Waals surface area (Å²) < 4.78 is 64.8. The number of hydrogen-bond acceptors (Lipinski definition) is 9. The molecule has 0 aliphatic carbocycles. The second kappa shape index (κ2) is 10.1. The fourth-order valence-electron chi connectivity index (χ4n) is 2.53. The molecule has 31 heavy (non-hydrogen) atoms. The van der Waals surface area contributed by atoms with Crippen LogP contribution in [-0.2, 0) is 20.2 Å². The number of phenolic OH excluding ortho intramolecular Hbond substituents is 3. The Kier molecular flexibility index (Phi) is 9.07. The van der Waals surface area contributed by atoms with E-state index in [2.05, 4.69) is 10.2 Å². The molecule has 0 fully saturated rings. The van der Waals surface area contributed by atoms with Gasteiger partial charge < -0.3 is 15.3 Å². The normalized spacial score (nSPS) is 11.8. The van der Waals surface area contributed by atoms with Crippen molar-refractivity contribution in [1.29, 1.82) is 0 Å². The third-order valence-electron chi connectivity index (χ3n) is 3.82. The minimum absolute atomic E-state index is 0. The van der Waals surface area contributed by atoms with Gasteiger partial charge in [0.25, 0.3) is 20.2 Å². The zero-order valence-corrected chi connectivity index (χ0v) is 15.8. The molecule has 0 bridgehead atoms. The van der Waals surface area contributed by atoms with Crippen LogP contribution in [-0.4, -0.2) is 100 Å². The Hall–Kier alpha value is -1.26. The molecule has 156 valence electrons. The molecule has 3 aromatic rings. The van der Waals surface area contributed by atoms with Crippen LogP contribution in [0.2, 0.25) is 0 Å². The third-order valence-corrected chi connectivity index (χ3v) is 5.52. The van der Waals surface area contributed by atoms with Crippen LogP contribution >= 0.6 is 0 Å². The molecule has 0 unspecified atom stereocenters. The molecule has 0 amide bonds. The third kappa shape index (κ3) is 5.96. The van der Waals surface area contributed by atoms with Crippen molar-refractivity contribution in [3.05, 3.63) is 42.5 Å². The summed E-state index contributed by atoms with van der Waals surface area (Å²) in [6.07, 6.45) is 0. The average molecular weight is 488 g/mol. The Bertz CT molecular complexity index is 1390. The van der Waals surface area contributed by atoms with Gasteiger partial charge in [0.15, 0.2) is 5.75 Å². The summed E-state index contributed by atoms with van der Waals surface area (Å²) in [5, 5.41) is 36.7. The molecule has 0 radical (unpaired) electrons. The summed E-state index contributed by atoms with van der Waals surface area (Å²) in [4.78, 5) is -1.72. The SMILES string of the molecule is O=S(=O)(O)c1cc(O)c2c(O)c(N=Nc3ccccc3O)c(S(=O)(=O)O)cc2c1.[NaH].[NaH]. The number of para-hydroxylation sites is 1. The molecular formula is C16H14N2Na2O9S2. The minimum atomic E-state index is -4.99. The first-order valence-electron chi connectivity index (χ1n) is 7.57. The van der Waals surface area contributed by atoms with Crippen molar-refractivity contribution in [3.63, 3.8) is 0 Å². The predicted octanol–water partition coefficient (Wildman–Crippen LogP) is 1.57. The van der Waals surface area contributed by atoms with Gasteiger partial charge in [0, 0.05) is 6.07 Å². The van der Waals surface area contributed by atoms with E-state index in [9.17, 15) is 36.7 Å². The van der Waals surface area contributed by atoms with E-state index >= 15 is 0 Å². The maximum atomic E-state index is 11.8. The predicted molar refractivity (Wildman–Crippen MR) is 113 cm³/mol. The molecule has 0 saturated carbocycles. The fourth-order valence-corrected chi connectivity index (χ4v) is 3.73. The molecular weight excluding hydrogens is 474 g/mol. The monoisotopic (exact) mass is 488 g/mol. The number of nitrogens with zero attached hydrogens (tertiary/aromatic N) is 2. The molecule has 0 spiro atoms. The van der Waals surface area contributed by atoms with E-state index in [-0.39, 0.29) is 75.9 Å². The van der Waals surface area contributed by atoms with Crippen LogP contribution in [0.3, 0.4) is 0 Å². The van der Waals surface area contributed by atoms with E-state index in [0.717, 1.165) is 12.1 Å².